The first-order valence-electron chi connectivity index (χ1n) is 7.10. The number of nitrogens with zero attached hydrogens (tertiary/aromatic N) is 2. The molecule has 5 nitrogen and oxygen atoms in total. The van der Waals surface area contributed by atoms with Crippen LogP contribution < -0.4 is 10.1 Å². The molecule has 2 aromatic rings. The Kier molecular flexibility index (Phi) is 3.41. The molecule has 0 aliphatic carbocycles. The second kappa shape index (κ2) is 5.24. The second-order valence-corrected chi connectivity index (χ2v) is 5.37. The number of aryl methyl sites for hydroxylation is 2. The minimum absolute atomic E-state index is 0.0125. The second-order valence-electron chi connectivity index (χ2n) is 5.37. The summed E-state index contributed by atoms with van der Waals surface area (Å²) in [5, 5.41) is 7.41. The Morgan fingerprint density at radius 3 is 2.86 bits per heavy atom. The highest BCUT2D eigenvalue weighted by atomic mass is 16.5. The number of rotatable bonds is 2. The van der Waals surface area contributed by atoms with Crippen LogP contribution in [0.1, 0.15) is 39.8 Å². The molecule has 5 heteroatoms. The third kappa shape index (κ3) is 2.39. The minimum atomic E-state index is -0.0696. The standard InChI is InChI=1S/C16H19N3O2/c1-10-15(11(2)19(3)18-10)16(20)17-13-8-9-21-14-7-5-4-6-12(13)14/h4-7,13H,8-9H2,1-3H3,(H,17,20). The Balaban J connectivity index is 1.86. The quantitative estimate of drug-likeness (QED) is 0.921. The number of fused-ring (bicyclic) bond motifs is 1. The molecule has 2 heterocycles. The van der Waals surface area contributed by atoms with Gasteiger partial charge in [0.1, 0.15) is 5.75 Å². The number of carbonyl (C=O) groups excluding carboxylic acids is 1. The third-order valence-corrected chi connectivity index (χ3v) is 4.00. The van der Waals surface area contributed by atoms with E-state index in [9.17, 15) is 4.79 Å². The molecule has 0 fully saturated rings. The highest BCUT2D eigenvalue weighted by Crippen LogP contribution is 2.31. The number of amides is 1. The van der Waals surface area contributed by atoms with Gasteiger partial charge in [0.05, 0.1) is 23.9 Å². The number of aromatic nitrogens is 2. The number of carbonyl (C=O) groups is 1. The summed E-state index contributed by atoms with van der Waals surface area (Å²) in [5.41, 5.74) is 3.34. The molecule has 1 aromatic carbocycles. The maximum absolute atomic E-state index is 12.6. The summed E-state index contributed by atoms with van der Waals surface area (Å²) in [6, 6.07) is 7.84. The van der Waals surface area contributed by atoms with Crippen molar-refractivity contribution in [1.29, 1.82) is 0 Å². The van der Waals surface area contributed by atoms with Crippen molar-refractivity contribution in [3.05, 3.63) is 46.8 Å². The summed E-state index contributed by atoms with van der Waals surface area (Å²) in [6.45, 7) is 4.39. The van der Waals surface area contributed by atoms with Gasteiger partial charge in [0.15, 0.2) is 0 Å². The Morgan fingerprint density at radius 2 is 2.14 bits per heavy atom. The van der Waals surface area contributed by atoms with E-state index in [-0.39, 0.29) is 11.9 Å². The number of nitrogens with one attached hydrogen (secondary N) is 1. The van der Waals surface area contributed by atoms with Crippen molar-refractivity contribution < 1.29 is 9.53 Å². The first-order chi connectivity index (χ1) is 10.1. The highest BCUT2D eigenvalue weighted by Gasteiger charge is 2.25. The predicted octanol–water partition coefficient (Wildman–Crippen LogP) is 2.29. The smallest absolute Gasteiger partial charge is 0.255 e. The summed E-state index contributed by atoms with van der Waals surface area (Å²) in [4.78, 5) is 12.6. The molecule has 1 amide bonds. The zero-order valence-corrected chi connectivity index (χ0v) is 12.5. The molecule has 1 aliphatic rings. The van der Waals surface area contributed by atoms with Crippen molar-refractivity contribution >= 4 is 5.91 Å². The maximum Gasteiger partial charge on any atom is 0.255 e. The van der Waals surface area contributed by atoms with Gasteiger partial charge in [0.25, 0.3) is 5.91 Å². The predicted molar refractivity (Wildman–Crippen MR) is 79.4 cm³/mol. The van der Waals surface area contributed by atoms with Crippen LogP contribution in [0.15, 0.2) is 24.3 Å². The van der Waals surface area contributed by atoms with Crippen LogP contribution in [-0.2, 0) is 7.05 Å². The molecular formula is C16H19N3O2. The third-order valence-electron chi connectivity index (χ3n) is 4.00. The van der Waals surface area contributed by atoms with E-state index in [4.69, 9.17) is 4.74 Å². The lowest BCUT2D eigenvalue weighted by Crippen LogP contribution is -2.32. The average molecular weight is 285 g/mol. The van der Waals surface area contributed by atoms with Crippen molar-refractivity contribution in [2.24, 2.45) is 7.05 Å². The molecule has 110 valence electrons. The van der Waals surface area contributed by atoms with Crippen LogP contribution in [0.4, 0.5) is 0 Å². The average Bonchev–Trinajstić information content (AvgIpc) is 2.72. The summed E-state index contributed by atoms with van der Waals surface area (Å²) in [5.74, 6) is 0.786. The Labute approximate surface area is 123 Å². The number of benzene rings is 1. The summed E-state index contributed by atoms with van der Waals surface area (Å²) in [6.07, 6.45) is 0.779. The fourth-order valence-electron chi connectivity index (χ4n) is 2.82. The van der Waals surface area contributed by atoms with Crippen LogP contribution in [0.25, 0.3) is 0 Å². The van der Waals surface area contributed by atoms with Crippen molar-refractivity contribution in [3.8, 4) is 5.75 Å². The van der Waals surface area contributed by atoms with E-state index in [0.717, 1.165) is 29.1 Å². The monoisotopic (exact) mass is 285 g/mol. The van der Waals surface area contributed by atoms with Crippen LogP contribution in [0.5, 0.6) is 5.75 Å². The van der Waals surface area contributed by atoms with Gasteiger partial charge in [-0.3, -0.25) is 9.48 Å². The summed E-state index contributed by atoms with van der Waals surface area (Å²) < 4.78 is 7.36. The number of para-hydroxylation sites is 1. The van der Waals surface area contributed by atoms with E-state index in [1.54, 1.807) is 4.68 Å². The number of hydrogen-bond acceptors (Lipinski definition) is 3. The number of hydrogen-bond donors (Lipinski definition) is 1. The van der Waals surface area contributed by atoms with Gasteiger partial charge in [-0.05, 0) is 19.9 Å². The van der Waals surface area contributed by atoms with E-state index in [1.807, 2.05) is 45.2 Å². The van der Waals surface area contributed by atoms with Crippen LogP contribution >= 0.6 is 0 Å². The van der Waals surface area contributed by atoms with Gasteiger partial charge in [-0.1, -0.05) is 18.2 Å². The molecule has 1 aliphatic heterocycles. The van der Waals surface area contributed by atoms with Gasteiger partial charge in [-0.2, -0.15) is 5.10 Å². The van der Waals surface area contributed by atoms with Crippen molar-refractivity contribution in [2.75, 3.05) is 6.61 Å². The van der Waals surface area contributed by atoms with Gasteiger partial charge in [0, 0.05) is 24.7 Å². The normalized spacial score (nSPS) is 17.0. The van der Waals surface area contributed by atoms with E-state index < -0.39 is 0 Å². The SMILES string of the molecule is Cc1nn(C)c(C)c1C(=O)NC1CCOc2ccccc21. The largest absolute Gasteiger partial charge is 0.493 e. The molecule has 21 heavy (non-hydrogen) atoms. The Bertz CT molecular complexity index is 691. The molecular weight excluding hydrogens is 266 g/mol. The molecule has 1 aromatic heterocycles. The highest BCUT2D eigenvalue weighted by molar-refractivity contribution is 5.96. The molecule has 1 N–H and O–H groups in total. The lowest BCUT2D eigenvalue weighted by atomic mass is 10.00. The fourth-order valence-corrected chi connectivity index (χ4v) is 2.82. The Morgan fingerprint density at radius 1 is 1.38 bits per heavy atom. The zero-order valence-electron chi connectivity index (χ0n) is 12.5. The van der Waals surface area contributed by atoms with Gasteiger partial charge >= 0.3 is 0 Å². The first kappa shape index (κ1) is 13.7. The zero-order chi connectivity index (χ0) is 15.0. The van der Waals surface area contributed by atoms with Gasteiger partial charge in [-0.15, -0.1) is 0 Å². The summed E-state index contributed by atoms with van der Waals surface area (Å²) in [7, 11) is 1.85. The van der Waals surface area contributed by atoms with Crippen LogP contribution in [0, 0.1) is 13.8 Å². The molecule has 0 saturated heterocycles. The molecule has 1 unspecified atom stereocenters. The van der Waals surface area contributed by atoms with Crippen LogP contribution in [0.3, 0.4) is 0 Å². The molecule has 0 radical (unpaired) electrons. The van der Waals surface area contributed by atoms with E-state index in [1.165, 1.54) is 0 Å². The lowest BCUT2D eigenvalue weighted by Gasteiger charge is -2.26. The van der Waals surface area contributed by atoms with Crippen LogP contribution in [0.2, 0.25) is 0 Å². The topological polar surface area (TPSA) is 56.2 Å². The molecule has 0 spiro atoms. The summed E-state index contributed by atoms with van der Waals surface area (Å²) >= 11 is 0. The van der Waals surface area contributed by atoms with E-state index >= 15 is 0 Å². The maximum atomic E-state index is 12.6. The van der Waals surface area contributed by atoms with E-state index in [0.29, 0.717) is 12.2 Å². The van der Waals surface area contributed by atoms with Crippen molar-refractivity contribution in [3.63, 3.8) is 0 Å². The van der Waals surface area contributed by atoms with Gasteiger partial charge < -0.3 is 10.1 Å². The van der Waals surface area contributed by atoms with Crippen LogP contribution in [-0.4, -0.2) is 22.3 Å². The van der Waals surface area contributed by atoms with Gasteiger partial charge in [-0.25, -0.2) is 0 Å². The van der Waals surface area contributed by atoms with E-state index in [2.05, 4.69) is 10.4 Å². The molecule has 3 rings (SSSR count). The minimum Gasteiger partial charge on any atom is -0.493 e. The van der Waals surface area contributed by atoms with Gasteiger partial charge in [0.2, 0.25) is 0 Å². The lowest BCUT2D eigenvalue weighted by molar-refractivity contribution is 0.0923. The molecule has 0 saturated carbocycles. The fraction of sp³-hybridized carbons (Fsp3) is 0.375. The molecule has 0 bridgehead atoms. The Hall–Kier alpha value is -2.30. The van der Waals surface area contributed by atoms with Crippen molar-refractivity contribution in [2.45, 2.75) is 26.3 Å². The first-order valence-corrected chi connectivity index (χ1v) is 7.10. The molecule has 1 atom stereocenters. The number of ether oxygens (including phenoxy) is 1. The van der Waals surface area contributed by atoms with Crippen molar-refractivity contribution in [1.82, 2.24) is 15.1 Å².